The molecule has 0 aliphatic rings. The minimum Gasteiger partial charge on any atom is -0.480 e. The summed E-state index contributed by atoms with van der Waals surface area (Å²) in [5.74, 6) is -1.36. The molecule has 0 aromatic rings. The Balaban J connectivity index is 0. The molecule has 0 rings (SSSR count). The molecule has 11 heavy (non-hydrogen) atoms. The largest absolute Gasteiger partial charge is 0.480 e. The van der Waals surface area contributed by atoms with Gasteiger partial charge in [-0.25, -0.2) is 0 Å². The van der Waals surface area contributed by atoms with Crippen LogP contribution < -0.4 is 11.5 Å². The third-order valence-electron chi connectivity index (χ3n) is 0.866. The van der Waals surface area contributed by atoms with Crippen LogP contribution in [0.15, 0.2) is 0 Å². The second kappa shape index (κ2) is 7.78. The summed E-state index contributed by atoms with van der Waals surface area (Å²) in [5.41, 5.74) is 10.1. The Labute approximate surface area is 78.0 Å². The van der Waals surface area contributed by atoms with E-state index in [2.05, 4.69) is 0 Å². The van der Waals surface area contributed by atoms with E-state index in [1.54, 1.807) is 0 Å². The maximum atomic E-state index is 10.3. The van der Waals surface area contributed by atoms with Crippen LogP contribution in [0.5, 0.6) is 0 Å². The van der Waals surface area contributed by atoms with Crippen molar-refractivity contribution in [2.24, 2.45) is 11.5 Å². The molecule has 68 valence electrons. The lowest BCUT2D eigenvalue weighted by Crippen LogP contribution is -2.29. The third-order valence-corrected chi connectivity index (χ3v) is 0.866. The van der Waals surface area contributed by atoms with Crippen molar-refractivity contribution in [2.45, 2.75) is 25.2 Å². The van der Waals surface area contributed by atoms with Gasteiger partial charge in [-0.05, 0) is 19.3 Å². The predicted octanol–water partition coefficient (Wildman–Crippen LogP) is -0.0509. The van der Waals surface area contributed by atoms with Gasteiger partial charge >= 0.3 is 5.97 Å². The maximum absolute atomic E-state index is 10.3. The molecule has 1 atom stereocenters. The van der Waals surface area contributed by atoms with Gasteiger partial charge in [-0.2, -0.15) is 0 Å². The molecule has 0 bridgehead atoms. The molecule has 0 radical (unpaired) electrons. The van der Waals surface area contributed by atoms with Crippen LogP contribution in [0.25, 0.3) is 0 Å². The molecule has 0 fully saturated rings. The fourth-order valence-corrected chi connectivity index (χ4v) is 0.342. The van der Waals surface area contributed by atoms with E-state index in [0.717, 1.165) is 0 Å². The zero-order valence-corrected chi connectivity index (χ0v) is 6.73. The molecule has 5 N–H and O–H groups in total. The number of halogens is 1. The molecule has 0 aliphatic heterocycles. The van der Waals surface area contributed by atoms with Gasteiger partial charge in [-0.1, -0.05) is 6.37 Å². The molecule has 0 aromatic heterocycles. The van der Waals surface area contributed by atoms with Crippen molar-refractivity contribution in [1.82, 2.24) is 0 Å². The molecular weight excluding hydrogens is 168 g/mol. The number of carboxylic acids is 1. The smallest absolute Gasteiger partial charge is 0.320 e. The lowest BCUT2D eigenvalue weighted by molar-refractivity contribution is -0.138. The normalized spacial score (nSPS) is 19.8. The van der Waals surface area contributed by atoms with Crippen LogP contribution in [0.1, 0.15) is 24.6 Å². The monoisotopic (exact) mass is 186 g/mol. The molecule has 0 spiro atoms. The van der Waals surface area contributed by atoms with E-state index >= 15 is 0 Å². The predicted molar refractivity (Wildman–Crippen MR) is 45.8 cm³/mol. The van der Waals surface area contributed by atoms with Crippen molar-refractivity contribution < 1.29 is 15.4 Å². The van der Waals surface area contributed by atoms with Crippen LogP contribution in [0.4, 0.5) is 0 Å². The summed E-state index contributed by atoms with van der Waals surface area (Å²) < 4.78 is 29.1. The Kier molecular flexibility index (Phi) is 4.40. The highest BCUT2D eigenvalue weighted by Crippen LogP contribution is 1.96. The van der Waals surface area contributed by atoms with E-state index in [-0.39, 0.29) is 12.4 Å². The van der Waals surface area contributed by atoms with Gasteiger partial charge in [0.1, 0.15) is 6.04 Å². The SMILES string of the molecule is Cl.[2H]C([2H])(CN)C([2H])([2H])C[C@H](N)C(=O)O. The standard InChI is InChI=1S/C6H14N2O2.ClH/c7-4-2-1-3-5(8)6(9)10;/h5H,1-4,7-8H2,(H,9,10);1H/t5-;/m0./s1/i1D2,2D2;. The molecular formula is C6H15ClN2O2. The van der Waals surface area contributed by atoms with E-state index in [0.29, 0.717) is 0 Å². The number of aliphatic carboxylic acids is 1. The van der Waals surface area contributed by atoms with E-state index in [1.807, 2.05) is 0 Å². The Morgan fingerprint density at radius 1 is 1.64 bits per heavy atom. The first kappa shape index (κ1) is 6.22. The second-order valence-corrected chi connectivity index (χ2v) is 1.71. The van der Waals surface area contributed by atoms with E-state index < -0.39 is 37.7 Å². The lowest BCUT2D eigenvalue weighted by atomic mass is 10.1. The first-order chi connectivity index (χ1) is 6.14. The minimum absolute atomic E-state index is 0. The molecule has 0 saturated heterocycles. The lowest BCUT2D eigenvalue weighted by Gasteiger charge is -2.03. The molecule has 0 unspecified atom stereocenters. The molecule has 4 nitrogen and oxygen atoms in total. The van der Waals surface area contributed by atoms with Crippen LogP contribution in [0.2, 0.25) is 0 Å². The number of rotatable bonds is 5. The zero-order valence-electron chi connectivity index (χ0n) is 9.91. The average molecular weight is 187 g/mol. The highest BCUT2D eigenvalue weighted by atomic mass is 35.5. The van der Waals surface area contributed by atoms with Crippen molar-refractivity contribution >= 4 is 18.4 Å². The summed E-state index contributed by atoms with van der Waals surface area (Å²) >= 11 is 0. The Hall–Kier alpha value is -0.320. The Morgan fingerprint density at radius 3 is 2.55 bits per heavy atom. The van der Waals surface area contributed by atoms with Crippen molar-refractivity contribution in [1.29, 1.82) is 0 Å². The number of hydrogen-bond acceptors (Lipinski definition) is 3. The number of hydrogen-bond donors (Lipinski definition) is 3. The van der Waals surface area contributed by atoms with Gasteiger partial charge in [0.15, 0.2) is 0 Å². The summed E-state index contributed by atoms with van der Waals surface area (Å²) in [7, 11) is 0. The third kappa shape index (κ3) is 7.58. The maximum Gasteiger partial charge on any atom is 0.320 e. The van der Waals surface area contributed by atoms with Crippen LogP contribution >= 0.6 is 12.4 Å². The summed E-state index contributed by atoms with van der Waals surface area (Å²) in [4.78, 5) is 10.3. The van der Waals surface area contributed by atoms with Crippen molar-refractivity contribution in [2.75, 3.05) is 6.54 Å². The van der Waals surface area contributed by atoms with Crippen LogP contribution in [0.3, 0.4) is 0 Å². The average Bonchev–Trinajstić information content (AvgIpc) is 2.03. The van der Waals surface area contributed by atoms with Gasteiger partial charge in [-0.15, -0.1) is 12.4 Å². The Morgan fingerprint density at radius 2 is 2.18 bits per heavy atom. The van der Waals surface area contributed by atoms with Crippen molar-refractivity contribution in [3.8, 4) is 0 Å². The highest BCUT2D eigenvalue weighted by molar-refractivity contribution is 5.85. The molecule has 0 amide bonds. The minimum atomic E-state index is -2.35. The fraction of sp³-hybridized carbons (Fsp3) is 0.833. The van der Waals surface area contributed by atoms with E-state index in [4.69, 9.17) is 22.1 Å². The molecule has 0 aliphatic carbocycles. The van der Waals surface area contributed by atoms with E-state index in [9.17, 15) is 4.79 Å². The van der Waals surface area contributed by atoms with Crippen molar-refractivity contribution in [3.63, 3.8) is 0 Å². The first-order valence-electron chi connectivity index (χ1n) is 4.82. The highest BCUT2D eigenvalue weighted by Gasteiger charge is 2.09. The van der Waals surface area contributed by atoms with Gasteiger partial charge in [0.2, 0.25) is 0 Å². The van der Waals surface area contributed by atoms with Gasteiger partial charge < -0.3 is 16.6 Å². The zero-order chi connectivity index (χ0) is 11.6. The van der Waals surface area contributed by atoms with Gasteiger partial charge in [0, 0.05) is 5.48 Å². The summed E-state index contributed by atoms with van der Waals surface area (Å²) in [6.07, 6.45) is -5.23. The fourth-order valence-electron chi connectivity index (χ4n) is 0.342. The number of nitrogens with two attached hydrogens (primary N) is 2. The molecule has 5 heteroatoms. The molecule has 0 aromatic carbocycles. The van der Waals surface area contributed by atoms with E-state index in [1.165, 1.54) is 0 Å². The first-order valence-corrected chi connectivity index (χ1v) is 2.82. The number of carboxylic acid groups (broad SMARTS) is 1. The van der Waals surface area contributed by atoms with Gasteiger partial charge in [0.25, 0.3) is 0 Å². The van der Waals surface area contributed by atoms with Crippen LogP contribution in [-0.2, 0) is 4.79 Å². The topological polar surface area (TPSA) is 89.3 Å². The summed E-state index contributed by atoms with van der Waals surface area (Å²) in [6, 6.07) is -1.42. The second-order valence-electron chi connectivity index (χ2n) is 1.71. The number of carbonyl (C=O) groups is 1. The summed E-state index contributed by atoms with van der Waals surface area (Å²) in [5, 5.41) is 8.44. The quantitative estimate of drug-likeness (QED) is 0.562. The van der Waals surface area contributed by atoms with Gasteiger partial charge in [-0.3, -0.25) is 4.79 Å². The summed E-state index contributed by atoms with van der Waals surface area (Å²) in [6.45, 7) is -0.521. The van der Waals surface area contributed by atoms with Gasteiger partial charge in [0.05, 0.1) is 0 Å². The van der Waals surface area contributed by atoms with Crippen molar-refractivity contribution in [3.05, 3.63) is 0 Å². The van der Waals surface area contributed by atoms with Crippen LogP contribution in [-0.4, -0.2) is 23.7 Å². The van der Waals surface area contributed by atoms with Crippen LogP contribution in [0, 0.1) is 0 Å². The molecule has 0 saturated carbocycles. The molecule has 0 heterocycles. The Bertz CT molecular complexity index is 227.